The SMILES string of the molecule is C[C@@H]1CCCCN1CCNC(=O)Cn1nc(-c2ccccc2)ccc1=O. The van der Waals surface area contributed by atoms with E-state index >= 15 is 0 Å². The molecule has 1 saturated heterocycles. The molecule has 6 heteroatoms. The van der Waals surface area contributed by atoms with Gasteiger partial charge in [-0.1, -0.05) is 36.8 Å². The summed E-state index contributed by atoms with van der Waals surface area (Å²) >= 11 is 0. The molecule has 2 heterocycles. The van der Waals surface area contributed by atoms with Crippen molar-refractivity contribution in [1.29, 1.82) is 0 Å². The van der Waals surface area contributed by atoms with Gasteiger partial charge < -0.3 is 5.32 Å². The predicted octanol–water partition coefficient (Wildman–Crippen LogP) is 1.90. The highest BCUT2D eigenvalue weighted by atomic mass is 16.2. The van der Waals surface area contributed by atoms with Crippen LogP contribution in [0.1, 0.15) is 26.2 Å². The van der Waals surface area contributed by atoms with E-state index in [1.165, 1.54) is 30.0 Å². The molecule has 2 aromatic rings. The molecule has 1 amide bonds. The summed E-state index contributed by atoms with van der Waals surface area (Å²) in [6, 6.07) is 13.3. The number of likely N-dealkylation sites (tertiary alicyclic amines) is 1. The van der Waals surface area contributed by atoms with Crippen molar-refractivity contribution in [2.75, 3.05) is 19.6 Å². The Bertz CT molecular complexity index is 788. The van der Waals surface area contributed by atoms with Gasteiger partial charge in [0.2, 0.25) is 5.91 Å². The van der Waals surface area contributed by atoms with Crippen molar-refractivity contribution in [1.82, 2.24) is 20.0 Å². The zero-order valence-electron chi connectivity index (χ0n) is 15.2. The van der Waals surface area contributed by atoms with Crippen LogP contribution in [0.25, 0.3) is 11.3 Å². The number of nitrogens with zero attached hydrogens (tertiary/aromatic N) is 3. The van der Waals surface area contributed by atoms with Gasteiger partial charge in [0.1, 0.15) is 6.54 Å². The first-order valence-corrected chi connectivity index (χ1v) is 9.28. The molecule has 1 aromatic heterocycles. The van der Waals surface area contributed by atoms with Gasteiger partial charge in [-0.2, -0.15) is 5.10 Å². The molecule has 0 spiro atoms. The second-order valence-corrected chi connectivity index (χ2v) is 6.81. The average Bonchev–Trinajstić information content (AvgIpc) is 2.66. The first-order valence-electron chi connectivity index (χ1n) is 9.28. The number of amides is 1. The summed E-state index contributed by atoms with van der Waals surface area (Å²) in [6.07, 6.45) is 3.74. The molecule has 1 N–H and O–H groups in total. The highest BCUT2D eigenvalue weighted by molar-refractivity contribution is 5.75. The van der Waals surface area contributed by atoms with Crippen molar-refractivity contribution in [3.63, 3.8) is 0 Å². The summed E-state index contributed by atoms with van der Waals surface area (Å²) in [7, 11) is 0. The number of hydrogen-bond donors (Lipinski definition) is 1. The lowest BCUT2D eigenvalue weighted by Crippen LogP contribution is -2.43. The van der Waals surface area contributed by atoms with E-state index in [1.54, 1.807) is 6.07 Å². The summed E-state index contributed by atoms with van der Waals surface area (Å²) in [5.41, 5.74) is 1.32. The Labute approximate surface area is 153 Å². The Morgan fingerprint density at radius 2 is 2.00 bits per heavy atom. The molecule has 0 aliphatic carbocycles. The smallest absolute Gasteiger partial charge is 0.267 e. The Hall–Kier alpha value is -2.47. The zero-order chi connectivity index (χ0) is 18.4. The van der Waals surface area contributed by atoms with Gasteiger partial charge in [-0.3, -0.25) is 14.5 Å². The second-order valence-electron chi connectivity index (χ2n) is 6.81. The fraction of sp³-hybridized carbons (Fsp3) is 0.450. The lowest BCUT2D eigenvalue weighted by Gasteiger charge is -2.33. The molecule has 3 rings (SSSR count). The molecule has 138 valence electrons. The summed E-state index contributed by atoms with van der Waals surface area (Å²) in [4.78, 5) is 26.6. The van der Waals surface area contributed by atoms with Crippen LogP contribution in [0.4, 0.5) is 0 Å². The van der Waals surface area contributed by atoms with Gasteiger partial charge in [-0.25, -0.2) is 4.68 Å². The van der Waals surface area contributed by atoms with Gasteiger partial charge in [0, 0.05) is 30.8 Å². The number of carbonyl (C=O) groups is 1. The number of rotatable bonds is 6. The predicted molar refractivity (Wildman–Crippen MR) is 102 cm³/mol. The van der Waals surface area contributed by atoms with Crippen LogP contribution in [0.5, 0.6) is 0 Å². The molecule has 26 heavy (non-hydrogen) atoms. The van der Waals surface area contributed by atoms with E-state index in [-0.39, 0.29) is 18.0 Å². The van der Waals surface area contributed by atoms with E-state index in [2.05, 4.69) is 22.2 Å². The van der Waals surface area contributed by atoms with Crippen molar-refractivity contribution in [2.24, 2.45) is 0 Å². The van der Waals surface area contributed by atoms with Crippen LogP contribution >= 0.6 is 0 Å². The van der Waals surface area contributed by atoms with E-state index in [0.29, 0.717) is 18.3 Å². The van der Waals surface area contributed by atoms with Crippen molar-refractivity contribution < 1.29 is 4.79 Å². The van der Waals surface area contributed by atoms with Gasteiger partial charge in [0.05, 0.1) is 5.69 Å². The molecule has 1 aliphatic heterocycles. The molecule has 1 fully saturated rings. The number of carbonyl (C=O) groups excluding carboxylic acids is 1. The molecule has 0 unspecified atom stereocenters. The van der Waals surface area contributed by atoms with Crippen LogP contribution < -0.4 is 10.9 Å². The third-order valence-corrected chi connectivity index (χ3v) is 4.89. The molecule has 0 radical (unpaired) electrons. The number of piperidine rings is 1. The van der Waals surface area contributed by atoms with E-state index in [9.17, 15) is 9.59 Å². The van der Waals surface area contributed by atoms with Gasteiger partial charge >= 0.3 is 0 Å². The number of aromatic nitrogens is 2. The van der Waals surface area contributed by atoms with Gasteiger partial charge in [0.25, 0.3) is 5.56 Å². The number of benzene rings is 1. The molecule has 1 aliphatic rings. The number of nitrogens with one attached hydrogen (secondary N) is 1. The third-order valence-electron chi connectivity index (χ3n) is 4.89. The van der Waals surface area contributed by atoms with E-state index < -0.39 is 0 Å². The molecule has 6 nitrogen and oxygen atoms in total. The maximum Gasteiger partial charge on any atom is 0.267 e. The summed E-state index contributed by atoms with van der Waals surface area (Å²) in [5.74, 6) is -0.186. The third kappa shape index (κ3) is 4.79. The maximum absolute atomic E-state index is 12.2. The quantitative estimate of drug-likeness (QED) is 0.860. The minimum atomic E-state index is -0.274. The molecule has 1 aromatic carbocycles. The van der Waals surface area contributed by atoms with Crippen molar-refractivity contribution in [3.05, 3.63) is 52.8 Å². The molecule has 0 bridgehead atoms. The topological polar surface area (TPSA) is 67.2 Å². The molecular formula is C20H26N4O2. The number of hydrogen-bond acceptors (Lipinski definition) is 4. The standard InChI is InChI=1S/C20H26N4O2/c1-16-7-5-6-13-23(16)14-12-21-19(25)15-24-20(26)11-10-18(22-24)17-8-3-2-4-9-17/h2-4,8-11,16H,5-7,12-15H2,1H3,(H,21,25)/t16-/m1/s1. The van der Waals surface area contributed by atoms with E-state index in [1.807, 2.05) is 30.3 Å². The van der Waals surface area contributed by atoms with Gasteiger partial charge in [0.15, 0.2) is 0 Å². The van der Waals surface area contributed by atoms with Crippen LogP contribution in [0.3, 0.4) is 0 Å². The fourth-order valence-corrected chi connectivity index (χ4v) is 3.35. The lowest BCUT2D eigenvalue weighted by molar-refractivity contribution is -0.122. The monoisotopic (exact) mass is 354 g/mol. The van der Waals surface area contributed by atoms with E-state index in [4.69, 9.17) is 0 Å². The van der Waals surface area contributed by atoms with Crippen LogP contribution in [0.2, 0.25) is 0 Å². The Balaban J connectivity index is 1.56. The lowest BCUT2D eigenvalue weighted by atomic mass is 10.0. The van der Waals surface area contributed by atoms with Crippen LogP contribution in [-0.4, -0.2) is 46.3 Å². The zero-order valence-corrected chi connectivity index (χ0v) is 15.2. The van der Waals surface area contributed by atoms with E-state index in [0.717, 1.165) is 18.7 Å². The Kier molecular flexibility index (Phi) is 6.17. The van der Waals surface area contributed by atoms with Crippen LogP contribution in [-0.2, 0) is 11.3 Å². The first-order chi connectivity index (χ1) is 12.6. The van der Waals surface area contributed by atoms with Crippen LogP contribution in [0.15, 0.2) is 47.3 Å². The van der Waals surface area contributed by atoms with Crippen molar-refractivity contribution >= 4 is 5.91 Å². The minimum absolute atomic E-state index is 0.0605. The molecular weight excluding hydrogens is 328 g/mol. The summed E-state index contributed by atoms with van der Waals surface area (Å²) in [6.45, 7) is 4.71. The average molecular weight is 354 g/mol. The minimum Gasteiger partial charge on any atom is -0.353 e. The maximum atomic E-state index is 12.2. The highest BCUT2D eigenvalue weighted by Gasteiger charge is 2.17. The molecule has 1 atom stereocenters. The highest BCUT2D eigenvalue weighted by Crippen LogP contribution is 2.15. The van der Waals surface area contributed by atoms with Crippen LogP contribution in [0, 0.1) is 0 Å². The normalized spacial score (nSPS) is 17.8. The fourth-order valence-electron chi connectivity index (χ4n) is 3.35. The summed E-state index contributed by atoms with van der Waals surface area (Å²) < 4.78 is 1.22. The Morgan fingerprint density at radius 3 is 2.77 bits per heavy atom. The summed E-state index contributed by atoms with van der Waals surface area (Å²) in [5, 5.41) is 7.23. The van der Waals surface area contributed by atoms with Gasteiger partial charge in [-0.15, -0.1) is 0 Å². The first kappa shape index (κ1) is 18.3. The molecule has 0 saturated carbocycles. The van der Waals surface area contributed by atoms with Gasteiger partial charge in [-0.05, 0) is 32.4 Å². The van der Waals surface area contributed by atoms with Crippen molar-refractivity contribution in [3.8, 4) is 11.3 Å². The second kappa shape index (κ2) is 8.76. The largest absolute Gasteiger partial charge is 0.353 e. The Morgan fingerprint density at radius 1 is 1.19 bits per heavy atom. The van der Waals surface area contributed by atoms with Crippen molar-refractivity contribution in [2.45, 2.75) is 38.8 Å².